The molecule has 1 atom stereocenters. The maximum absolute atomic E-state index is 12.6. The Kier molecular flexibility index (Phi) is 6.90. The number of anilines is 1. The van der Waals surface area contributed by atoms with Gasteiger partial charge in [-0.1, -0.05) is 29.8 Å². The highest BCUT2D eigenvalue weighted by Gasteiger charge is 2.25. The van der Waals surface area contributed by atoms with Crippen LogP contribution in [-0.2, 0) is 14.8 Å². The molecule has 0 aliphatic heterocycles. The van der Waals surface area contributed by atoms with E-state index in [2.05, 4.69) is 5.32 Å². The van der Waals surface area contributed by atoms with Gasteiger partial charge in [0.1, 0.15) is 18.0 Å². The molecule has 0 aromatic heterocycles. The molecule has 7 nitrogen and oxygen atoms in total. The van der Waals surface area contributed by atoms with Gasteiger partial charge in [0, 0.05) is 6.07 Å². The first-order valence-electron chi connectivity index (χ1n) is 8.71. The summed E-state index contributed by atoms with van der Waals surface area (Å²) in [6.45, 7) is 3.45. The summed E-state index contributed by atoms with van der Waals surface area (Å²) in [5, 5.41) is 2.84. The number of aryl methyl sites for hydroxylation is 1. The van der Waals surface area contributed by atoms with Crippen molar-refractivity contribution in [3.8, 4) is 11.5 Å². The molecule has 28 heavy (non-hydrogen) atoms. The number of hydrogen-bond acceptors (Lipinski definition) is 5. The SMILES string of the molecule is COc1ccc(OC)c(N(CC(=O)N[C@H](C)c2ccc(C)cc2)S(C)(=O)=O)c1. The lowest BCUT2D eigenvalue weighted by Crippen LogP contribution is -2.41. The van der Waals surface area contributed by atoms with Gasteiger partial charge in [-0.15, -0.1) is 0 Å². The number of amides is 1. The Bertz CT molecular complexity index is 926. The van der Waals surface area contributed by atoms with Gasteiger partial charge in [-0.25, -0.2) is 8.42 Å². The van der Waals surface area contributed by atoms with Crippen molar-refractivity contribution >= 4 is 21.6 Å². The Balaban J connectivity index is 2.25. The summed E-state index contributed by atoms with van der Waals surface area (Å²) in [5.41, 5.74) is 2.29. The Labute approximate surface area is 166 Å². The fourth-order valence-electron chi connectivity index (χ4n) is 2.73. The zero-order chi connectivity index (χ0) is 20.9. The third kappa shape index (κ3) is 5.39. The molecule has 0 aliphatic rings. The van der Waals surface area contributed by atoms with E-state index in [1.807, 2.05) is 38.1 Å². The quantitative estimate of drug-likeness (QED) is 0.729. The second-order valence-corrected chi connectivity index (χ2v) is 8.41. The van der Waals surface area contributed by atoms with Crippen LogP contribution in [0.3, 0.4) is 0 Å². The number of nitrogens with one attached hydrogen (secondary N) is 1. The van der Waals surface area contributed by atoms with Crippen LogP contribution in [0.4, 0.5) is 5.69 Å². The lowest BCUT2D eigenvalue weighted by molar-refractivity contribution is -0.120. The van der Waals surface area contributed by atoms with E-state index in [1.54, 1.807) is 12.1 Å². The van der Waals surface area contributed by atoms with E-state index in [-0.39, 0.29) is 18.3 Å². The number of rotatable bonds is 8. The van der Waals surface area contributed by atoms with Crippen LogP contribution in [0.15, 0.2) is 42.5 Å². The smallest absolute Gasteiger partial charge is 0.241 e. The number of nitrogens with zero attached hydrogens (tertiary/aromatic N) is 1. The minimum Gasteiger partial charge on any atom is -0.497 e. The summed E-state index contributed by atoms with van der Waals surface area (Å²) in [6.07, 6.45) is 1.04. The van der Waals surface area contributed by atoms with E-state index in [4.69, 9.17) is 9.47 Å². The zero-order valence-corrected chi connectivity index (χ0v) is 17.5. The van der Waals surface area contributed by atoms with Crippen LogP contribution in [0.1, 0.15) is 24.1 Å². The van der Waals surface area contributed by atoms with Crippen molar-refractivity contribution in [2.45, 2.75) is 19.9 Å². The molecule has 0 heterocycles. The van der Waals surface area contributed by atoms with Crippen LogP contribution in [0, 0.1) is 6.92 Å². The number of carbonyl (C=O) groups is 1. The van der Waals surface area contributed by atoms with Crippen molar-refractivity contribution in [2.75, 3.05) is 31.3 Å². The Morgan fingerprint density at radius 1 is 1.11 bits per heavy atom. The van der Waals surface area contributed by atoms with Gasteiger partial charge in [0.05, 0.1) is 32.2 Å². The number of carbonyl (C=O) groups excluding carboxylic acids is 1. The molecule has 0 saturated carbocycles. The summed E-state index contributed by atoms with van der Waals surface area (Å²) in [4.78, 5) is 12.6. The number of ether oxygens (including phenoxy) is 2. The van der Waals surface area contributed by atoms with Crippen molar-refractivity contribution in [3.63, 3.8) is 0 Å². The molecule has 0 unspecified atom stereocenters. The van der Waals surface area contributed by atoms with Gasteiger partial charge < -0.3 is 14.8 Å². The Hall–Kier alpha value is -2.74. The lowest BCUT2D eigenvalue weighted by Gasteiger charge is -2.25. The second-order valence-electron chi connectivity index (χ2n) is 6.51. The molecule has 0 bridgehead atoms. The second kappa shape index (κ2) is 8.97. The van der Waals surface area contributed by atoms with E-state index in [0.717, 1.165) is 21.7 Å². The summed E-state index contributed by atoms with van der Waals surface area (Å²) in [5.74, 6) is 0.354. The van der Waals surface area contributed by atoms with Gasteiger partial charge in [-0.05, 0) is 31.5 Å². The van der Waals surface area contributed by atoms with Crippen LogP contribution in [0.2, 0.25) is 0 Å². The summed E-state index contributed by atoms with van der Waals surface area (Å²) < 4.78 is 36.2. The first kappa shape index (κ1) is 21.6. The zero-order valence-electron chi connectivity index (χ0n) is 16.7. The molecule has 1 amide bonds. The topological polar surface area (TPSA) is 84.9 Å². The molecule has 0 aliphatic carbocycles. The van der Waals surface area contributed by atoms with E-state index in [0.29, 0.717) is 11.5 Å². The molecular weight excluding hydrogens is 380 g/mol. The maximum Gasteiger partial charge on any atom is 0.241 e. The molecule has 2 aromatic carbocycles. The highest BCUT2D eigenvalue weighted by Crippen LogP contribution is 2.33. The van der Waals surface area contributed by atoms with Crippen molar-refractivity contribution in [3.05, 3.63) is 53.6 Å². The van der Waals surface area contributed by atoms with Crippen LogP contribution < -0.4 is 19.1 Å². The minimum atomic E-state index is -3.74. The number of sulfonamides is 1. The van der Waals surface area contributed by atoms with Crippen LogP contribution in [0.5, 0.6) is 11.5 Å². The molecule has 2 aromatic rings. The highest BCUT2D eigenvalue weighted by molar-refractivity contribution is 7.92. The molecular formula is C20H26N2O5S. The van der Waals surface area contributed by atoms with Crippen molar-refractivity contribution in [1.29, 1.82) is 0 Å². The fraction of sp³-hybridized carbons (Fsp3) is 0.350. The molecule has 2 rings (SSSR count). The largest absolute Gasteiger partial charge is 0.497 e. The predicted octanol–water partition coefficient (Wildman–Crippen LogP) is 2.66. The fourth-order valence-corrected chi connectivity index (χ4v) is 3.58. The molecule has 8 heteroatoms. The molecule has 0 fully saturated rings. The maximum atomic E-state index is 12.6. The van der Waals surface area contributed by atoms with Crippen molar-refractivity contribution in [1.82, 2.24) is 5.32 Å². The number of methoxy groups -OCH3 is 2. The van der Waals surface area contributed by atoms with Gasteiger partial charge in [-0.3, -0.25) is 9.10 Å². The monoisotopic (exact) mass is 406 g/mol. The third-order valence-electron chi connectivity index (χ3n) is 4.30. The summed E-state index contributed by atoms with van der Waals surface area (Å²) in [6, 6.07) is 12.3. The van der Waals surface area contributed by atoms with E-state index in [9.17, 15) is 13.2 Å². The van der Waals surface area contributed by atoms with Gasteiger partial charge >= 0.3 is 0 Å². The average Bonchev–Trinajstić information content (AvgIpc) is 2.65. The van der Waals surface area contributed by atoms with E-state index in [1.165, 1.54) is 20.3 Å². The minimum absolute atomic E-state index is 0.238. The Morgan fingerprint density at radius 3 is 2.29 bits per heavy atom. The molecule has 0 radical (unpaired) electrons. The number of hydrogen-bond donors (Lipinski definition) is 1. The lowest BCUT2D eigenvalue weighted by atomic mass is 10.1. The third-order valence-corrected chi connectivity index (χ3v) is 5.42. The molecule has 152 valence electrons. The molecule has 1 N–H and O–H groups in total. The molecule has 0 saturated heterocycles. The Morgan fingerprint density at radius 2 is 1.75 bits per heavy atom. The first-order chi connectivity index (χ1) is 13.2. The van der Waals surface area contributed by atoms with Gasteiger partial charge in [0.15, 0.2) is 0 Å². The van der Waals surface area contributed by atoms with E-state index >= 15 is 0 Å². The summed E-state index contributed by atoms with van der Waals surface area (Å²) in [7, 11) is -0.825. The standard InChI is InChI=1S/C20H26N2O5S/c1-14-6-8-16(9-7-14)15(2)21-20(23)13-22(28(5,24)25)18-12-17(26-3)10-11-19(18)27-4/h6-12,15H,13H2,1-5H3,(H,21,23)/t15-/m1/s1. The van der Waals surface area contributed by atoms with E-state index < -0.39 is 15.9 Å². The van der Waals surface area contributed by atoms with Gasteiger partial charge in [-0.2, -0.15) is 0 Å². The van der Waals surface area contributed by atoms with Crippen LogP contribution >= 0.6 is 0 Å². The molecule has 0 spiro atoms. The van der Waals surface area contributed by atoms with Crippen LogP contribution in [-0.4, -0.2) is 41.3 Å². The summed E-state index contributed by atoms with van der Waals surface area (Å²) >= 11 is 0. The normalized spacial score (nSPS) is 12.2. The van der Waals surface area contributed by atoms with Crippen molar-refractivity contribution < 1.29 is 22.7 Å². The van der Waals surface area contributed by atoms with Gasteiger partial charge in [0.25, 0.3) is 0 Å². The predicted molar refractivity (Wildman–Crippen MR) is 109 cm³/mol. The first-order valence-corrected chi connectivity index (χ1v) is 10.6. The van der Waals surface area contributed by atoms with Crippen LogP contribution in [0.25, 0.3) is 0 Å². The van der Waals surface area contributed by atoms with Crippen molar-refractivity contribution in [2.24, 2.45) is 0 Å². The number of benzene rings is 2. The highest BCUT2D eigenvalue weighted by atomic mass is 32.2. The van der Waals surface area contributed by atoms with Gasteiger partial charge in [0.2, 0.25) is 15.9 Å². The average molecular weight is 407 g/mol.